The van der Waals surface area contributed by atoms with Crippen LogP contribution in [0.3, 0.4) is 0 Å². The van der Waals surface area contributed by atoms with Crippen LogP contribution in [0.15, 0.2) is 48.5 Å². The third kappa shape index (κ3) is 23.6. The Kier molecular flexibility index (Phi) is 30.3. The predicted molar refractivity (Wildman–Crippen MR) is 244 cm³/mol. The maximum absolute atomic E-state index is 12.7. The number of unbranched alkanes of at least 4 members (excludes halogenated alkanes) is 17. The van der Waals surface area contributed by atoms with Gasteiger partial charge in [0.1, 0.15) is 42.0 Å². The zero-order valence-corrected chi connectivity index (χ0v) is 38.2. The van der Waals surface area contributed by atoms with Crippen molar-refractivity contribution in [1.29, 1.82) is 0 Å². The van der Waals surface area contributed by atoms with E-state index in [1.807, 2.05) is 24.3 Å². The largest absolute Gasteiger partial charge is 0.457 e. The van der Waals surface area contributed by atoms with Crippen molar-refractivity contribution in [3.05, 3.63) is 59.7 Å². The molecule has 1 fully saturated rings. The molecule has 11 heteroatoms. The Bertz CT molecular complexity index is 1340. The normalized spacial score (nSPS) is 20.3. The van der Waals surface area contributed by atoms with Gasteiger partial charge in [0.25, 0.3) is 0 Å². The molecule has 0 spiro atoms. The van der Waals surface area contributed by atoms with Crippen LogP contribution in [0, 0.1) is 6.92 Å². The van der Waals surface area contributed by atoms with Gasteiger partial charge in [-0.1, -0.05) is 166 Å². The Morgan fingerprint density at radius 3 is 1.67 bits per heavy atom. The number of carbonyl (C=O) groups is 1. The van der Waals surface area contributed by atoms with Crippen LogP contribution in [0.5, 0.6) is 11.5 Å². The molecule has 3 rings (SSSR count). The van der Waals surface area contributed by atoms with Crippen LogP contribution in [0.25, 0.3) is 0 Å². The number of amides is 1. The van der Waals surface area contributed by atoms with E-state index < -0.39 is 55.6 Å². The smallest absolute Gasteiger partial charge is 0.220 e. The van der Waals surface area contributed by atoms with Crippen molar-refractivity contribution in [2.45, 2.75) is 224 Å². The molecule has 1 aliphatic rings. The Hall–Kier alpha value is -2.61. The summed E-state index contributed by atoms with van der Waals surface area (Å²) >= 11 is 0. The summed E-state index contributed by atoms with van der Waals surface area (Å²) in [6, 6.07) is 15.5. The SMILES string of the molecule is CCCCCCCCCCCCCC[C@@H](O)[C@@H](O)[C@H](CO[C@H]1OC(CO)[C@H](O)[C@H](O)C1O)NC(=O)CCCCCCCC.CCCCc1ccc(Oc2ccc(C)cc2)cc1. The van der Waals surface area contributed by atoms with E-state index in [4.69, 9.17) is 14.2 Å². The highest BCUT2D eigenvalue weighted by molar-refractivity contribution is 5.76. The maximum Gasteiger partial charge on any atom is 0.220 e. The van der Waals surface area contributed by atoms with Gasteiger partial charge in [-0.05, 0) is 62.4 Å². The van der Waals surface area contributed by atoms with Gasteiger partial charge < -0.3 is 50.2 Å². The van der Waals surface area contributed by atoms with Crippen LogP contribution < -0.4 is 10.1 Å². The molecule has 0 aliphatic carbocycles. The fourth-order valence-electron chi connectivity index (χ4n) is 7.45. The van der Waals surface area contributed by atoms with Crippen LogP contribution >= 0.6 is 0 Å². The van der Waals surface area contributed by atoms with Crippen molar-refractivity contribution in [3.8, 4) is 11.5 Å². The van der Waals surface area contributed by atoms with E-state index in [9.17, 15) is 35.4 Å². The van der Waals surface area contributed by atoms with Crippen molar-refractivity contribution >= 4 is 5.91 Å². The number of hydrogen-bond donors (Lipinski definition) is 7. The number of carbonyl (C=O) groups excluding carboxylic acids is 1. The summed E-state index contributed by atoms with van der Waals surface area (Å²) in [5, 5.41) is 64.3. The van der Waals surface area contributed by atoms with E-state index >= 15 is 0 Å². The van der Waals surface area contributed by atoms with Gasteiger partial charge in [-0.15, -0.1) is 0 Å². The molecule has 11 nitrogen and oxygen atoms in total. The third-order valence-electron chi connectivity index (χ3n) is 11.6. The first-order chi connectivity index (χ1) is 29.5. The lowest BCUT2D eigenvalue weighted by atomic mass is 9.98. The van der Waals surface area contributed by atoms with E-state index in [-0.39, 0.29) is 18.9 Å². The highest BCUT2D eigenvalue weighted by Crippen LogP contribution is 2.24. The standard InChI is InChI=1S/C33H65NO9.C17H20O/c1-3-5-7-9-11-12-13-14-15-16-17-19-21-26(36)29(38)25(34-28(37)22-20-18-10-8-6-4-2)24-42-33-32(41)31(40)30(39)27(23-35)43-33;1-3-4-5-15-8-12-17(13-9-15)18-16-10-6-14(2)7-11-16/h25-27,29-33,35-36,38-41H,3-24H2,1-2H3,(H,34,37);6-13H,3-5H2,1-2H3/t25-,26+,27?,29-,30-,31-,32?,33-;/m0./s1. The molecule has 0 aromatic heterocycles. The fourth-order valence-corrected chi connectivity index (χ4v) is 7.45. The molecule has 2 unspecified atom stereocenters. The Morgan fingerprint density at radius 1 is 0.656 bits per heavy atom. The minimum atomic E-state index is -1.60. The number of nitrogens with one attached hydrogen (secondary N) is 1. The van der Waals surface area contributed by atoms with E-state index in [1.54, 1.807) is 0 Å². The van der Waals surface area contributed by atoms with Crippen molar-refractivity contribution in [2.24, 2.45) is 0 Å². The maximum atomic E-state index is 12.7. The molecule has 350 valence electrons. The molecule has 1 amide bonds. The second-order valence-corrected chi connectivity index (χ2v) is 17.1. The zero-order chi connectivity index (χ0) is 44.7. The summed E-state index contributed by atoms with van der Waals surface area (Å²) in [5.41, 5.74) is 2.63. The predicted octanol–water partition coefficient (Wildman–Crippen LogP) is 8.98. The second-order valence-electron chi connectivity index (χ2n) is 17.1. The van der Waals surface area contributed by atoms with Crippen LogP contribution in [-0.4, -0.2) is 98.7 Å². The Balaban J connectivity index is 0.000000585. The van der Waals surface area contributed by atoms with Gasteiger partial charge in [0.15, 0.2) is 6.29 Å². The van der Waals surface area contributed by atoms with Crippen molar-refractivity contribution in [3.63, 3.8) is 0 Å². The van der Waals surface area contributed by atoms with Gasteiger partial charge in [-0.3, -0.25) is 4.79 Å². The first-order valence-electron chi connectivity index (χ1n) is 23.9. The highest BCUT2D eigenvalue weighted by Gasteiger charge is 2.44. The molecule has 1 saturated heterocycles. The molecule has 7 N–H and O–H groups in total. The molecule has 1 aliphatic heterocycles. The molecular formula is C50H85NO10. The minimum Gasteiger partial charge on any atom is -0.457 e. The summed E-state index contributed by atoms with van der Waals surface area (Å²) < 4.78 is 16.8. The molecule has 2 aromatic carbocycles. The quantitative estimate of drug-likeness (QED) is 0.0352. The molecule has 0 radical (unpaired) electrons. The first kappa shape index (κ1) is 54.5. The molecule has 2 aromatic rings. The summed E-state index contributed by atoms with van der Waals surface area (Å²) in [4.78, 5) is 12.7. The number of ether oxygens (including phenoxy) is 3. The summed E-state index contributed by atoms with van der Waals surface area (Å²) in [6.45, 7) is 7.78. The molecule has 61 heavy (non-hydrogen) atoms. The van der Waals surface area contributed by atoms with Crippen molar-refractivity contribution < 1.29 is 49.6 Å². The molecular weight excluding hydrogens is 775 g/mol. The first-order valence-corrected chi connectivity index (χ1v) is 23.9. The number of aliphatic hydroxyl groups excluding tert-OH is 6. The van der Waals surface area contributed by atoms with E-state index in [0.29, 0.717) is 12.8 Å². The summed E-state index contributed by atoms with van der Waals surface area (Å²) in [5.74, 6) is 1.52. The number of aryl methyl sites for hydroxylation is 2. The number of rotatable bonds is 32. The second kappa shape index (κ2) is 33.9. The van der Waals surface area contributed by atoms with Crippen LogP contribution in [0.4, 0.5) is 0 Å². The van der Waals surface area contributed by atoms with Gasteiger partial charge in [-0.2, -0.15) is 0 Å². The Labute approximate surface area is 368 Å². The van der Waals surface area contributed by atoms with Crippen molar-refractivity contribution in [2.75, 3.05) is 13.2 Å². The lowest BCUT2D eigenvalue weighted by molar-refractivity contribution is -0.303. The van der Waals surface area contributed by atoms with Gasteiger partial charge in [0.05, 0.1) is 25.4 Å². The van der Waals surface area contributed by atoms with E-state index in [2.05, 4.69) is 57.3 Å². The van der Waals surface area contributed by atoms with Gasteiger partial charge in [0, 0.05) is 6.42 Å². The van der Waals surface area contributed by atoms with Gasteiger partial charge >= 0.3 is 0 Å². The van der Waals surface area contributed by atoms with E-state index in [0.717, 1.165) is 69.3 Å². The van der Waals surface area contributed by atoms with Crippen molar-refractivity contribution in [1.82, 2.24) is 5.32 Å². The number of hydrogen-bond acceptors (Lipinski definition) is 10. The van der Waals surface area contributed by atoms with Gasteiger partial charge in [-0.25, -0.2) is 0 Å². The molecule has 8 atom stereocenters. The Morgan fingerprint density at radius 2 is 1.15 bits per heavy atom. The molecule has 0 saturated carbocycles. The highest BCUT2D eigenvalue weighted by atomic mass is 16.7. The zero-order valence-electron chi connectivity index (χ0n) is 38.2. The van der Waals surface area contributed by atoms with Crippen LogP contribution in [0.2, 0.25) is 0 Å². The molecule has 0 bridgehead atoms. The van der Waals surface area contributed by atoms with Gasteiger partial charge in [0.2, 0.25) is 5.91 Å². The average Bonchev–Trinajstić information content (AvgIpc) is 3.26. The minimum absolute atomic E-state index is 0.269. The topological polar surface area (TPSA) is 178 Å². The third-order valence-corrected chi connectivity index (χ3v) is 11.6. The lowest BCUT2D eigenvalue weighted by Crippen LogP contribution is -2.60. The summed E-state index contributed by atoms with van der Waals surface area (Å²) in [6.07, 6.45) is 15.2. The number of benzene rings is 2. The molecule has 1 heterocycles. The van der Waals surface area contributed by atoms with Crippen LogP contribution in [0.1, 0.15) is 173 Å². The monoisotopic (exact) mass is 860 g/mol. The lowest BCUT2D eigenvalue weighted by Gasteiger charge is -2.40. The average molecular weight is 860 g/mol. The van der Waals surface area contributed by atoms with Crippen LogP contribution in [-0.2, 0) is 20.7 Å². The number of aliphatic hydroxyl groups is 6. The fraction of sp³-hybridized carbons (Fsp3) is 0.740. The summed E-state index contributed by atoms with van der Waals surface area (Å²) in [7, 11) is 0. The van der Waals surface area contributed by atoms with E-state index in [1.165, 1.54) is 81.8 Å².